The van der Waals surface area contributed by atoms with Gasteiger partial charge in [-0.3, -0.25) is 24.1 Å². The van der Waals surface area contributed by atoms with Crippen LogP contribution in [0.1, 0.15) is 31.7 Å². The largest absolute Gasteiger partial charge is 0.497 e. The first-order chi connectivity index (χ1) is 14.9. The topological polar surface area (TPSA) is 96.0 Å². The number of allylic oxidation sites excluding steroid dienone is 2. The summed E-state index contributed by atoms with van der Waals surface area (Å²) in [4.78, 5) is 53.3. The fourth-order valence-electron chi connectivity index (χ4n) is 4.16. The monoisotopic (exact) mass is 427 g/mol. The highest BCUT2D eigenvalue weighted by Crippen LogP contribution is 2.35. The third kappa shape index (κ3) is 4.78. The molecule has 1 saturated heterocycles. The van der Waals surface area contributed by atoms with Crippen molar-refractivity contribution in [3.05, 3.63) is 42.0 Å². The minimum absolute atomic E-state index is 0.0260. The number of carbonyl (C=O) groups is 4. The standard InChI is InChI=1S/C23H29N3O5/c1-15(21(28)24-2)26(14-16-8-10-17(31-3)11-9-16)20(27)12-13-25-22(29)18-6-4-5-7-19(18)23(25)30/h4-5,8-11,15,18-19H,6-7,12-14H2,1-3H3,(H,24,28)/t15?,18-,19+. The average Bonchev–Trinajstić information content (AvgIpc) is 3.05. The Labute approximate surface area is 182 Å². The molecule has 1 aliphatic carbocycles. The zero-order valence-electron chi connectivity index (χ0n) is 18.2. The molecule has 3 atom stereocenters. The van der Waals surface area contributed by atoms with Crippen LogP contribution in [0.25, 0.3) is 0 Å². The third-order valence-corrected chi connectivity index (χ3v) is 6.07. The summed E-state index contributed by atoms with van der Waals surface area (Å²) in [6.07, 6.45) is 4.97. The van der Waals surface area contributed by atoms with Crippen molar-refractivity contribution in [3.8, 4) is 5.75 Å². The zero-order chi connectivity index (χ0) is 22.5. The summed E-state index contributed by atoms with van der Waals surface area (Å²) >= 11 is 0. The fraction of sp³-hybridized carbons (Fsp3) is 0.478. The lowest BCUT2D eigenvalue weighted by atomic mass is 9.85. The van der Waals surface area contributed by atoms with Crippen LogP contribution >= 0.6 is 0 Å². The van der Waals surface area contributed by atoms with Gasteiger partial charge in [-0.25, -0.2) is 0 Å². The van der Waals surface area contributed by atoms with Crippen LogP contribution in [0.3, 0.4) is 0 Å². The average molecular weight is 428 g/mol. The lowest BCUT2D eigenvalue weighted by Crippen LogP contribution is -2.47. The van der Waals surface area contributed by atoms with Gasteiger partial charge in [-0.1, -0.05) is 24.3 Å². The van der Waals surface area contributed by atoms with E-state index in [1.807, 2.05) is 24.3 Å². The molecule has 31 heavy (non-hydrogen) atoms. The highest BCUT2D eigenvalue weighted by Gasteiger charge is 2.47. The number of amides is 4. The SMILES string of the molecule is CNC(=O)C(C)N(Cc1ccc(OC)cc1)C(=O)CCN1C(=O)[C@H]2CC=CC[C@H]2C1=O. The van der Waals surface area contributed by atoms with Crippen molar-refractivity contribution in [2.75, 3.05) is 20.7 Å². The molecule has 1 aliphatic heterocycles. The van der Waals surface area contributed by atoms with Crippen molar-refractivity contribution in [2.24, 2.45) is 11.8 Å². The number of benzene rings is 1. The maximum atomic E-state index is 13.1. The van der Waals surface area contributed by atoms with Gasteiger partial charge in [0.05, 0.1) is 18.9 Å². The number of carbonyl (C=O) groups excluding carboxylic acids is 4. The molecule has 8 nitrogen and oxygen atoms in total. The zero-order valence-corrected chi connectivity index (χ0v) is 18.2. The van der Waals surface area contributed by atoms with Gasteiger partial charge in [0.2, 0.25) is 23.6 Å². The predicted molar refractivity (Wildman–Crippen MR) is 114 cm³/mol. The lowest BCUT2D eigenvalue weighted by Gasteiger charge is -2.29. The quantitative estimate of drug-likeness (QED) is 0.501. The second-order valence-electron chi connectivity index (χ2n) is 7.89. The number of ether oxygens (including phenoxy) is 1. The molecule has 1 heterocycles. The molecule has 0 bridgehead atoms. The fourth-order valence-corrected chi connectivity index (χ4v) is 4.16. The van der Waals surface area contributed by atoms with Crippen LogP contribution in [0.2, 0.25) is 0 Å². The number of methoxy groups -OCH3 is 1. The summed E-state index contributed by atoms with van der Waals surface area (Å²) in [7, 11) is 3.10. The summed E-state index contributed by atoms with van der Waals surface area (Å²) < 4.78 is 5.16. The van der Waals surface area contributed by atoms with Crippen molar-refractivity contribution in [2.45, 2.75) is 38.8 Å². The Hall–Kier alpha value is -3.16. The second-order valence-corrected chi connectivity index (χ2v) is 7.89. The van der Waals surface area contributed by atoms with Gasteiger partial charge in [0.1, 0.15) is 11.8 Å². The Balaban J connectivity index is 1.69. The van der Waals surface area contributed by atoms with Crippen molar-refractivity contribution >= 4 is 23.6 Å². The molecular weight excluding hydrogens is 398 g/mol. The lowest BCUT2D eigenvalue weighted by molar-refractivity contribution is -0.143. The molecule has 8 heteroatoms. The first-order valence-corrected chi connectivity index (χ1v) is 10.5. The normalized spacial score (nSPS) is 20.9. The Kier molecular flexibility index (Phi) is 7.09. The number of rotatable bonds is 8. The van der Waals surface area contributed by atoms with Gasteiger partial charge in [0.15, 0.2) is 0 Å². The van der Waals surface area contributed by atoms with E-state index in [1.54, 1.807) is 26.2 Å². The van der Waals surface area contributed by atoms with Gasteiger partial charge >= 0.3 is 0 Å². The Morgan fingerprint density at radius 2 is 1.71 bits per heavy atom. The van der Waals surface area contributed by atoms with Gasteiger partial charge in [-0.2, -0.15) is 0 Å². The number of hydrogen-bond donors (Lipinski definition) is 1. The van der Waals surface area contributed by atoms with Crippen LogP contribution in [0.4, 0.5) is 0 Å². The molecule has 0 saturated carbocycles. The van der Waals surface area contributed by atoms with Crippen molar-refractivity contribution in [1.29, 1.82) is 0 Å². The molecule has 1 fully saturated rings. The van der Waals surface area contributed by atoms with E-state index in [4.69, 9.17) is 4.74 Å². The van der Waals surface area contributed by atoms with Crippen LogP contribution in [0.5, 0.6) is 5.75 Å². The summed E-state index contributed by atoms with van der Waals surface area (Å²) in [6.45, 7) is 1.92. The predicted octanol–water partition coefficient (Wildman–Crippen LogP) is 1.50. The molecule has 0 radical (unpaired) electrons. The van der Waals surface area contributed by atoms with Crippen molar-refractivity contribution in [3.63, 3.8) is 0 Å². The number of imide groups is 1. The van der Waals surface area contributed by atoms with E-state index >= 15 is 0 Å². The van der Waals surface area contributed by atoms with Gasteiger partial charge in [0.25, 0.3) is 0 Å². The molecule has 1 aromatic rings. The highest BCUT2D eigenvalue weighted by molar-refractivity contribution is 6.05. The Morgan fingerprint density at radius 3 is 2.23 bits per heavy atom. The minimum Gasteiger partial charge on any atom is -0.497 e. The summed E-state index contributed by atoms with van der Waals surface area (Å²) in [5.74, 6) is -0.905. The number of likely N-dealkylation sites (tertiary alicyclic amines) is 1. The Morgan fingerprint density at radius 1 is 1.13 bits per heavy atom. The number of nitrogens with zero attached hydrogens (tertiary/aromatic N) is 2. The van der Waals surface area contributed by atoms with Crippen LogP contribution in [0, 0.1) is 11.8 Å². The molecule has 1 aromatic carbocycles. The van der Waals surface area contributed by atoms with E-state index in [2.05, 4.69) is 5.32 Å². The third-order valence-electron chi connectivity index (χ3n) is 6.07. The number of hydrogen-bond acceptors (Lipinski definition) is 5. The van der Waals surface area contributed by atoms with Crippen LogP contribution in [-0.4, -0.2) is 60.2 Å². The number of fused-ring (bicyclic) bond motifs is 1. The molecule has 1 unspecified atom stereocenters. The summed E-state index contributed by atoms with van der Waals surface area (Å²) in [6, 6.07) is 6.55. The maximum absolute atomic E-state index is 13.1. The first-order valence-electron chi connectivity index (χ1n) is 10.5. The van der Waals surface area contributed by atoms with E-state index in [0.717, 1.165) is 5.56 Å². The van der Waals surface area contributed by atoms with E-state index in [0.29, 0.717) is 18.6 Å². The summed E-state index contributed by atoms with van der Waals surface area (Å²) in [5, 5.41) is 2.57. The molecule has 0 aromatic heterocycles. The van der Waals surface area contributed by atoms with Crippen LogP contribution < -0.4 is 10.1 Å². The van der Waals surface area contributed by atoms with Gasteiger partial charge in [-0.15, -0.1) is 0 Å². The van der Waals surface area contributed by atoms with E-state index in [9.17, 15) is 19.2 Å². The van der Waals surface area contributed by atoms with Gasteiger partial charge in [-0.05, 0) is 37.5 Å². The summed E-state index contributed by atoms with van der Waals surface area (Å²) in [5.41, 5.74) is 0.843. The maximum Gasteiger partial charge on any atom is 0.242 e. The minimum atomic E-state index is -0.698. The van der Waals surface area contributed by atoms with Crippen molar-refractivity contribution < 1.29 is 23.9 Å². The number of nitrogens with one attached hydrogen (secondary N) is 1. The number of likely N-dealkylation sites (N-methyl/N-ethyl adjacent to an activating group) is 1. The van der Waals surface area contributed by atoms with Crippen LogP contribution in [-0.2, 0) is 25.7 Å². The molecular formula is C23H29N3O5. The van der Waals surface area contributed by atoms with Gasteiger partial charge in [0, 0.05) is 26.6 Å². The van der Waals surface area contributed by atoms with E-state index in [1.165, 1.54) is 16.8 Å². The van der Waals surface area contributed by atoms with E-state index in [-0.39, 0.29) is 55.0 Å². The smallest absolute Gasteiger partial charge is 0.242 e. The molecule has 2 aliphatic rings. The van der Waals surface area contributed by atoms with E-state index < -0.39 is 6.04 Å². The molecule has 3 rings (SSSR count). The van der Waals surface area contributed by atoms with Crippen LogP contribution in [0.15, 0.2) is 36.4 Å². The molecule has 1 N–H and O–H groups in total. The van der Waals surface area contributed by atoms with Gasteiger partial charge < -0.3 is 15.0 Å². The molecule has 0 spiro atoms. The molecule has 166 valence electrons. The first kappa shape index (κ1) is 22.5. The molecule has 4 amide bonds. The Bertz CT molecular complexity index is 854. The second kappa shape index (κ2) is 9.76. The van der Waals surface area contributed by atoms with Crippen molar-refractivity contribution in [1.82, 2.24) is 15.1 Å². The highest BCUT2D eigenvalue weighted by atomic mass is 16.5.